The summed E-state index contributed by atoms with van der Waals surface area (Å²) in [6.07, 6.45) is 0. The first kappa shape index (κ1) is 22.7. The molecule has 1 aliphatic rings. The largest absolute Gasteiger partial charge is 0.522 e. The van der Waals surface area contributed by atoms with Gasteiger partial charge in [0.15, 0.2) is 10.5 Å². The molecule has 1 aliphatic heterocycles. The molecule has 1 atom stereocenters. The maximum absolute atomic E-state index is 10.7. The first-order valence-electron chi connectivity index (χ1n) is 8.41. The molecule has 0 amide bonds. The van der Waals surface area contributed by atoms with Crippen molar-refractivity contribution in [2.75, 3.05) is 0 Å². The summed E-state index contributed by atoms with van der Waals surface area (Å²) in [5.41, 5.74) is -3.03. The third-order valence-corrected chi connectivity index (χ3v) is 6.76. The molecule has 0 saturated heterocycles. The van der Waals surface area contributed by atoms with E-state index in [1.807, 2.05) is 0 Å². The molecular formula is C19H22F3O4S2+. The predicted octanol–water partition coefficient (Wildman–Crippen LogP) is 5.42. The van der Waals surface area contributed by atoms with E-state index in [0.717, 1.165) is 0 Å². The van der Waals surface area contributed by atoms with Gasteiger partial charge in [-0.3, -0.25) is 4.55 Å². The number of halogens is 3. The van der Waals surface area contributed by atoms with E-state index in [1.54, 1.807) is 0 Å². The van der Waals surface area contributed by atoms with Gasteiger partial charge in [0.05, 0.1) is 0 Å². The average Bonchev–Trinajstić information content (AvgIpc) is 2.85. The van der Waals surface area contributed by atoms with Crippen molar-refractivity contribution in [3.05, 3.63) is 59.7 Å². The van der Waals surface area contributed by atoms with Crippen LogP contribution in [0.1, 0.15) is 44.7 Å². The fourth-order valence-corrected chi connectivity index (χ4v) is 5.07. The van der Waals surface area contributed by atoms with Crippen molar-refractivity contribution in [3.8, 4) is 0 Å². The first-order chi connectivity index (χ1) is 12.8. The van der Waals surface area contributed by atoms with Crippen LogP contribution in [0.2, 0.25) is 0 Å². The van der Waals surface area contributed by atoms with Crippen molar-refractivity contribution in [2.45, 2.75) is 54.5 Å². The molecule has 1 heterocycles. The Hall–Kier alpha value is -1.55. The third kappa shape index (κ3) is 4.89. The topological polar surface area (TPSA) is 63.6 Å². The molecule has 0 aliphatic carbocycles. The van der Waals surface area contributed by atoms with Crippen LogP contribution in [-0.2, 0) is 31.1 Å². The smallest absolute Gasteiger partial charge is 0.279 e. The van der Waals surface area contributed by atoms with Crippen LogP contribution in [0.3, 0.4) is 0 Å². The molecule has 0 spiro atoms. The highest BCUT2D eigenvalue weighted by atomic mass is 32.2. The second-order valence-electron chi connectivity index (χ2n) is 6.97. The van der Waals surface area contributed by atoms with Crippen LogP contribution in [-0.4, -0.2) is 18.5 Å². The van der Waals surface area contributed by atoms with Crippen molar-refractivity contribution in [1.82, 2.24) is 0 Å². The summed E-state index contributed by atoms with van der Waals surface area (Å²) in [5, 5.41) is 0. The lowest BCUT2D eigenvalue weighted by molar-refractivity contribution is -0.0510. The minimum Gasteiger partial charge on any atom is -0.279 e. The van der Waals surface area contributed by atoms with Crippen LogP contribution >= 0.6 is 0 Å². The molecule has 1 N–H and O–H groups in total. The van der Waals surface area contributed by atoms with Gasteiger partial charge in [-0.05, 0) is 31.9 Å². The molecule has 2 aromatic carbocycles. The SMILES string of the molecule is CC(C)c1ccccc1[S+]1OC(C)(C)c2ccccc21.O=S(=O)(O)C(F)(F)F. The molecule has 1 unspecified atom stereocenters. The number of alkyl halides is 3. The zero-order chi connectivity index (χ0) is 21.3. The lowest BCUT2D eigenvalue weighted by Gasteiger charge is -2.13. The number of hydrogen-bond donors (Lipinski definition) is 1. The fraction of sp³-hybridized carbons (Fsp3) is 0.368. The van der Waals surface area contributed by atoms with Crippen molar-refractivity contribution in [1.29, 1.82) is 0 Å². The van der Waals surface area contributed by atoms with E-state index < -0.39 is 15.6 Å². The highest BCUT2D eigenvalue weighted by Crippen LogP contribution is 2.46. The van der Waals surface area contributed by atoms with E-state index in [0.29, 0.717) is 5.92 Å². The van der Waals surface area contributed by atoms with Crippen LogP contribution < -0.4 is 0 Å². The normalized spacial score (nSPS) is 18.4. The summed E-state index contributed by atoms with van der Waals surface area (Å²) >= 11 is -0.267. The molecule has 0 radical (unpaired) electrons. The summed E-state index contributed by atoms with van der Waals surface area (Å²) in [6.45, 7) is 8.82. The van der Waals surface area contributed by atoms with Crippen LogP contribution in [0.25, 0.3) is 0 Å². The molecule has 0 saturated carbocycles. The van der Waals surface area contributed by atoms with Gasteiger partial charge in [-0.2, -0.15) is 25.8 Å². The van der Waals surface area contributed by atoms with Crippen LogP contribution in [0.4, 0.5) is 13.2 Å². The van der Waals surface area contributed by atoms with E-state index in [1.165, 1.54) is 20.9 Å². The van der Waals surface area contributed by atoms with E-state index in [9.17, 15) is 13.2 Å². The Bertz CT molecular complexity index is 938. The molecule has 2 aromatic rings. The molecule has 0 bridgehead atoms. The Balaban J connectivity index is 0.000000300. The Kier molecular flexibility index (Phi) is 6.54. The van der Waals surface area contributed by atoms with E-state index >= 15 is 0 Å². The minimum atomic E-state index is -5.84. The summed E-state index contributed by atoms with van der Waals surface area (Å²) in [7, 11) is -5.84. The maximum Gasteiger partial charge on any atom is 0.522 e. The summed E-state index contributed by atoms with van der Waals surface area (Å²) in [4.78, 5) is 2.67. The van der Waals surface area contributed by atoms with Crippen molar-refractivity contribution in [3.63, 3.8) is 0 Å². The standard InChI is InChI=1S/C18H21OS.CHF3O3S/c1-13(2)14-9-5-7-11-16(14)20-17-12-8-6-10-15(17)18(3,4)19-20;2-1(3,4)8(5,6)7/h5-13H,1-4H3;(H,5,6,7)/q+1;. The molecule has 0 aromatic heterocycles. The Labute approximate surface area is 166 Å². The fourth-order valence-electron chi connectivity index (χ4n) is 2.71. The van der Waals surface area contributed by atoms with Gasteiger partial charge < -0.3 is 0 Å². The summed E-state index contributed by atoms with van der Waals surface area (Å²) < 4.78 is 64.0. The Morgan fingerprint density at radius 3 is 1.96 bits per heavy atom. The highest BCUT2D eigenvalue weighted by molar-refractivity contribution is 7.92. The van der Waals surface area contributed by atoms with Gasteiger partial charge in [-0.15, -0.1) is 0 Å². The summed E-state index contributed by atoms with van der Waals surface area (Å²) in [5.74, 6) is 0.512. The number of hydrogen-bond acceptors (Lipinski definition) is 3. The second kappa shape index (κ2) is 8.06. The highest BCUT2D eigenvalue weighted by Gasteiger charge is 2.49. The quantitative estimate of drug-likeness (QED) is 0.389. The van der Waals surface area contributed by atoms with Gasteiger partial charge >= 0.3 is 15.6 Å². The van der Waals surface area contributed by atoms with Gasteiger partial charge in [0.25, 0.3) is 0 Å². The van der Waals surface area contributed by atoms with Crippen LogP contribution in [0.15, 0.2) is 58.3 Å². The molecule has 154 valence electrons. The van der Waals surface area contributed by atoms with Crippen LogP contribution in [0, 0.1) is 0 Å². The van der Waals surface area contributed by atoms with Crippen LogP contribution in [0.5, 0.6) is 0 Å². The van der Waals surface area contributed by atoms with E-state index in [2.05, 4.69) is 76.2 Å². The number of rotatable bonds is 2. The average molecular weight is 436 g/mol. The first-order valence-corrected chi connectivity index (χ1v) is 11.0. The zero-order valence-corrected chi connectivity index (χ0v) is 17.5. The van der Waals surface area contributed by atoms with Gasteiger partial charge in [0.1, 0.15) is 0 Å². The molecule has 3 rings (SSSR count). The summed E-state index contributed by atoms with van der Waals surface area (Å²) in [6, 6.07) is 17.3. The molecule has 0 fully saturated rings. The number of fused-ring (bicyclic) bond motifs is 1. The van der Waals surface area contributed by atoms with Gasteiger partial charge in [-0.25, -0.2) is 0 Å². The van der Waals surface area contributed by atoms with Crippen molar-refractivity contribution >= 4 is 21.3 Å². The van der Waals surface area contributed by atoms with E-state index in [4.69, 9.17) is 17.2 Å². The lowest BCUT2D eigenvalue weighted by atomic mass is 9.99. The van der Waals surface area contributed by atoms with Crippen molar-refractivity contribution < 1.29 is 30.3 Å². The Morgan fingerprint density at radius 1 is 1.00 bits per heavy atom. The van der Waals surface area contributed by atoms with E-state index in [-0.39, 0.29) is 16.8 Å². The number of benzene rings is 2. The van der Waals surface area contributed by atoms with Crippen molar-refractivity contribution in [2.24, 2.45) is 0 Å². The van der Waals surface area contributed by atoms with Gasteiger partial charge in [0, 0.05) is 11.1 Å². The third-order valence-electron chi connectivity index (χ3n) is 4.06. The molecular weight excluding hydrogens is 413 g/mol. The lowest BCUT2D eigenvalue weighted by Crippen LogP contribution is -2.21. The molecule has 9 heteroatoms. The second-order valence-corrected chi connectivity index (χ2v) is 9.97. The molecule has 28 heavy (non-hydrogen) atoms. The monoisotopic (exact) mass is 435 g/mol. The maximum atomic E-state index is 10.7. The Morgan fingerprint density at radius 2 is 1.46 bits per heavy atom. The predicted molar refractivity (Wildman–Crippen MR) is 103 cm³/mol. The molecule has 4 nitrogen and oxygen atoms in total. The van der Waals surface area contributed by atoms with Gasteiger partial charge in [-0.1, -0.05) is 50.2 Å². The minimum absolute atomic E-state index is 0.205. The van der Waals surface area contributed by atoms with Gasteiger partial charge in [0.2, 0.25) is 16.1 Å². The zero-order valence-electron chi connectivity index (χ0n) is 15.8.